The molecule has 5 heteroatoms. The highest BCUT2D eigenvalue weighted by molar-refractivity contribution is 5.77. The minimum atomic E-state index is -0.587. The molecule has 0 heterocycles. The zero-order valence-electron chi connectivity index (χ0n) is 13.1. The van der Waals surface area contributed by atoms with Gasteiger partial charge in [-0.3, -0.25) is 4.79 Å². The van der Waals surface area contributed by atoms with Crippen LogP contribution in [0.1, 0.15) is 18.1 Å². The summed E-state index contributed by atoms with van der Waals surface area (Å²) in [6.45, 7) is 0.310. The van der Waals surface area contributed by atoms with Gasteiger partial charge in [0.1, 0.15) is 11.5 Å². The van der Waals surface area contributed by atoms with Crippen LogP contribution in [0, 0.1) is 0 Å². The van der Waals surface area contributed by atoms with Crippen molar-refractivity contribution in [3.05, 3.63) is 60.2 Å². The van der Waals surface area contributed by atoms with Crippen LogP contribution in [0.4, 0.5) is 0 Å². The van der Waals surface area contributed by atoms with E-state index in [9.17, 15) is 9.90 Å². The number of amides is 1. The van der Waals surface area contributed by atoms with E-state index in [-0.39, 0.29) is 12.5 Å². The van der Waals surface area contributed by atoms with Crippen molar-refractivity contribution in [1.82, 2.24) is 5.32 Å². The van der Waals surface area contributed by atoms with Crippen molar-refractivity contribution >= 4 is 5.91 Å². The number of aliphatic hydroxyl groups is 1. The third-order valence-corrected chi connectivity index (χ3v) is 3.34. The monoisotopic (exact) mass is 315 g/mol. The number of ether oxygens (including phenoxy) is 2. The highest BCUT2D eigenvalue weighted by atomic mass is 16.5. The van der Waals surface area contributed by atoms with Gasteiger partial charge in [-0.25, -0.2) is 0 Å². The molecule has 5 nitrogen and oxygen atoms in total. The summed E-state index contributed by atoms with van der Waals surface area (Å²) in [5, 5.41) is 12.7. The van der Waals surface area contributed by atoms with Gasteiger partial charge in [-0.05, 0) is 24.1 Å². The number of hydrogen-bond acceptors (Lipinski definition) is 4. The first-order valence-electron chi connectivity index (χ1n) is 7.45. The summed E-state index contributed by atoms with van der Waals surface area (Å²) in [4.78, 5) is 11.7. The van der Waals surface area contributed by atoms with Gasteiger partial charge in [0.15, 0.2) is 6.61 Å². The van der Waals surface area contributed by atoms with E-state index in [1.165, 1.54) is 0 Å². The lowest BCUT2D eigenvalue weighted by Crippen LogP contribution is -2.30. The largest absolute Gasteiger partial charge is 0.497 e. The van der Waals surface area contributed by atoms with Gasteiger partial charge >= 0.3 is 0 Å². The number of rotatable bonds is 8. The second-order valence-corrected chi connectivity index (χ2v) is 5.03. The molecule has 1 amide bonds. The van der Waals surface area contributed by atoms with Crippen molar-refractivity contribution < 1.29 is 19.4 Å². The number of carbonyl (C=O) groups is 1. The smallest absolute Gasteiger partial charge is 0.257 e. The lowest BCUT2D eigenvalue weighted by atomic mass is 10.1. The maximum absolute atomic E-state index is 11.7. The molecule has 0 spiro atoms. The van der Waals surface area contributed by atoms with E-state index in [0.717, 1.165) is 5.56 Å². The molecule has 2 N–H and O–H groups in total. The Morgan fingerprint density at radius 1 is 1.13 bits per heavy atom. The molecule has 0 radical (unpaired) electrons. The Labute approximate surface area is 135 Å². The highest BCUT2D eigenvalue weighted by Crippen LogP contribution is 2.18. The molecular formula is C18H21NO4. The quantitative estimate of drug-likeness (QED) is 0.784. The zero-order valence-corrected chi connectivity index (χ0v) is 13.1. The summed E-state index contributed by atoms with van der Waals surface area (Å²) < 4.78 is 10.5. The number of benzene rings is 2. The first-order chi connectivity index (χ1) is 11.2. The minimum Gasteiger partial charge on any atom is -0.497 e. The average molecular weight is 315 g/mol. The summed E-state index contributed by atoms with van der Waals surface area (Å²) in [5.41, 5.74) is 0.842. The Morgan fingerprint density at radius 2 is 1.87 bits per heavy atom. The van der Waals surface area contributed by atoms with Crippen LogP contribution in [0.3, 0.4) is 0 Å². The van der Waals surface area contributed by atoms with E-state index in [4.69, 9.17) is 9.47 Å². The van der Waals surface area contributed by atoms with Gasteiger partial charge in [-0.1, -0.05) is 36.4 Å². The topological polar surface area (TPSA) is 67.8 Å². The molecule has 2 rings (SSSR count). The highest BCUT2D eigenvalue weighted by Gasteiger charge is 2.08. The van der Waals surface area contributed by atoms with Crippen LogP contribution in [0.15, 0.2) is 54.6 Å². The summed E-state index contributed by atoms with van der Waals surface area (Å²) in [7, 11) is 1.57. The van der Waals surface area contributed by atoms with Crippen LogP contribution in [0.5, 0.6) is 11.5 Å². The maximum Gasteiger partial charge on any atom is 0.257 e. The molecule has 0 saturated heterocycles. The SMILES string of the molecule is COc1cccc(OCC(=O)NCCC(O)c2ccccc2)c1. The van der Waals surface area contributed by atoms with E-state index < -0.39 is 6.10 Å². The fourth-order valence-corrected chi connectivity index (χ4v) is 2.08. The first kappa shape index (κ1) is 16.8. The molecule has 23 heavy (non-hydrogen) atoms. The first-order valence-corrected chi connectivity index (χ1v) is 7.45. The van der Waals surface area contributed by atoms with Crippen molar-refractivity contribution in [3.63, 3.8) is 0 Å². The molecule has 0 aliphatic rings. The molecule has 1 unspecified atom stereocenters. The van der Waals surface area contributed by atoms with E-state index >= 15 is 0 Å². The maximum atomic E-state index is 11.7. The van der Waals surface area contributed by atoms with Crippen molar-refractivity contribution in [2.75, 3.05) is 20.3 Å². The van der Waals surface area contributed by atoms with Crippen LogP contribution in [-0.4, -0.2) is 31.3 Å². The fourth-order valence-electron chi connectivity index (χ4n) is 2.08. The Bertz CT molecular complexity index is 615. The molecule has 122 valence electrons. The Morgan fingerprint density at radius 3 is 2.61 bits per heavy atom. The van der Waals surface area contributed by atoms with Crippen LogP contribution >= 0.6 is 0 Å². The summed E-state index contributed by atoms with van der Waals surface area (Å²) in [6, 6.07) is 16.4. The predicted octanol–water partition coefficient (Wildman–Crippen LogP) is 2.31. The van der Waals surface area contributed by atoms with Gasteiger partial charge in [-0.15, -0.1) is 0 Å². The number of hydrogen-bond donors (Lipinski definition) is 2. The molecule has 2 aromatic carbocycles. The van der Waals surface area contributed by atoms with E-state index in [1.807, 2.05) is 30.3 Å². The lowest BCUT2D eigenvalue weighted by Gasteiger charge is -2.12. The summed E-state index contributed by atoms with van der Waals surface area (Å²) in [6.07, 6.45) is -0.134. The van der Waals surface area contributed by atoms with Gasteiger partial charge in [-0.2, -0.15) is 0 Å². The molecule has 0 fully saturated rings. The second kappa shape index (κ2) is 8.80. The van der Waals surface area contributed by atoms with E-state index in [1.54, 1.807) is 31.4 Å². The van der Waals surface area contributed by atoms with Gasteiger partial charge in [0.25, 0.3) is 5.91 Å². The Hall–Kier alpha value is -2.53. The Balaban J connectivity index is 1.69. The van der Waals surface area contributed by atoms with Crippen LogP contribution in [-0.2, 0) is 4.79 Å². The zero-order chi connectivity index (χ0) is 16.5. The molecule has 1 atom stereocenters. The van der Waals surface area contributed by atoms with Crippen LogP contribution in [0.25, 0.3) is 0 Å². The number of methoxy groups -OCH3 is 1. The van der Waals surface area contributed by atoms with Crippen LogP contribution < -0.4 is 14.8 Å². The molecular weight excluding hydrogens is 294 g/mol. The molecule has 0 aliphatic heterocycles. The van der Waals surface area contributed by atoms with Crippen molar-refractivity contribution in [2.24, 2.45) is 0 Å². The van der Waals surface area contributed by atoms with Crippen molar-refractivity contribution in [3.8, 4) is 11.5 Å². The van der Waals surface area contributed by atoms with Crippen molar-refractivity contribution in [1.29, 1.82) is 0 Å². The fraction of sp³-hybridized carbons (Fsp3) is 0.278. The van der Waals surface area contributed by atoms with Gasteiger partial charge in [0.2, 0.25) is 0 Å². The number of nitrogens with one attached hydrogen (secondary N) is 1. The molecule has 0 bridgehead atoms. The lowest BCUT2D eigenvalue weighted by molar-refractivity contribution is -0.123. The number of aliphatic hydroxyl groups excluding tert-OH is 1. The Kier molecular flexibility index (Phi) is 6.44. The molecule has 0 saturated carbocycles. The van der Waals surface area contributed by atoms with Gasteiger partial charge in [0.05, 0.1) is 13.2 Å². The normalized spacial score (nSPS) is 11.6. The molecule has 2 aromatic rings. The van der Waals surface area contributed by atoms with Crippen molar-refractivity contribution in [2.45, 2.75) is 12.5 Å². The summed E-state index contributed by atoms with van der Waals surface area (Å²) >= 11 is 0. The standard InChI is InChI=1S/C18H21NO4/c1-22-15-8-5-9-16(12-15)23-13-18(21)19-11-10-17(20)14-6-3-2-4-7-14/h2-9,12,17,20H,10-11,13H2,1H3,(H,19,21). The predicted molar refractivity (Wildman–Crippen MR) is 87.5 cm³/mol. The second-order valence-electron chi connectivity index (χ2n) is 5.03. The van der Waals surface area contributed by atoms with Gasteiger partial charge in [0, 0.05) is 12.6 Å². The molecule has 0 aliphatic carbocycles. The van der Waals surface area contributed by atoms with E-state index in [2.05, 4.69) is 5.32 Å². The minimum absolute atomic E-state index is 0.0748. The third kappa shape index (κ3) is 5.64. The summed E-state index contributed by atoms with van der Waals surface area (Å²) in [5.74, 6) is 1.02. The van der Waals surface area contributed by atoms with Crippen LogP contribution in [0.2, 0.25) is 0 Å². The average Bonchev–Trinajstić information content (AvgIpc) is 2.61. The molecule has 0 aromatic heterocycles. The van der Waals surface area contributed by atoms with E-state index in [0.29, 0.717) is 24.5 Å². The number of carbonyl (C=O) groups excluding carboxylic acids is 1. The third-order valence-electron chi connectivity index (χ3n) is 3.34. The van der Waals surface area contributed by atoms with Gasteiger partial charge < -0.3 is 19.9 Å².